The molecule has 0 saturated carbocycles. The molecule has 0 saturated heterocycles. The Bertz CT molecular complexity index is 57.4. The summed E-state index contributed by atoms with van der Waals surface area (Å²) in [5.41, 5.74) is 0. The number of allylic oxidation sites excluding steroid dienone is 1. The summed E-state index contributed by atoms with van der Waals surface area (Å²) < 4.78 is 0. The van der Waals surface area contributed by atoms with Crippen LogP contribution in [0.4, 0.5) is 0 Å². The van der Waals surface area contributed by atoms with E-state index in [0.717, 1.165) is 0 Å². The van der Waals surface area contributed by atoms with Gasteiger partial charge in [-0.1, -0.05) is 31.7 Å². The minimum Gasteiger partial charge on any atom is -0.114 e. The van der Waals surface area contributed by atoms with Crippen molar-refractivity contribution >= 4 is 9.24 Å². The van der Waals surface area contributed by atoms with Crippen LogP contribution >= 0.6 is 9.24 Å². The summed E-state index contributed by atoms with van der Waals surface area (Å²) in [7, 11) is 2.58. The van der Waals surface area contributed by atoms with Crippen molar-refractivity contribution in [1.29, 1.82) is 0 Å². The van der Waals surface area contributed by atoms with Gasteiger partial charge in [0.15, 0.2) is 0 Å². The maximum absolute atomic E-state index is 2.58. The van der Waals surface area contributed by atoms with Gasteiger partial charge in [-0.2, -0.15) is 0 Å². The number of rotatable bonds is 4. The molecular weight excluding hydrogens is 115 g/mol. The van der Waals surface area contributed by atoms with Gasteiger partial charge in [0, 0.05) is 0 Å². The second-order valence-electron chi connectivity index (χ2n) is 1.92. The fourth-order valence-corrected chi connectivity index (χ4v) is 0.801. The molecular formula is C7H15P. The first-order chi connectivity index (χ1) is 3.91. The van der Waals surface area contributed by atoms with Gasteiger partial charge in [-0.25, -0.2) is 0 Å². The largest absolute Gasteiger partial charge is 0.114 e. The van der Waals surface area contributed by atoms with Crippen LogP contribution in [0.3, 0.4) is 0 Å². The van der Waals surface area contributed by atoms with Crippen molar-refractivity contribution in [2.45, 2.75) is 32.6 Å². The minimum absolute atomic E-state index is 1.25. The van der Waals surface area contributed by atoms with Crippen LogP contribution < -0.4 is 0 Å². The van der Waals surface area contributed by atoms with Crippen molar-refractivity contribution in [3.63, 3.8) is 0 Å². The second-order valence-corrected chi connectivity index (χ2v) is 2.31. The third-order valence-corrected chi connectivity index (χ3v) is 1.38. The molecule has 0 aliphatic rings. The predicted octanol–water partition coefficient (Wildman–Crippen LogP) is 2.96. The van der Waals surface area contributed by atoms with Crippen LogP contribution in [0.15, 0.2) is 11.9 Å². The first-order valence-corrected chi connectivity index (χ1v) is 3.95. The Morgan fingerprint density at radius 1 is 1.38 bits per heavy atom. The van der Waals surface area contributed by atoms with Gasteiger partial charge in [-0.3, -0.25) is 0 Å². The Kier molecular flexibility index (Phi) is 7.32. The monoisotopic (exact) mass is 130 g/mol. The molecule has 0 rings (SSSR count). The second kappa shape index (κ2) is 7.17. The highest BCUT2D eigenvalue weighted by atomic mass is 31.0. The van der Waals surface area contributed by atoms with Gasteiger partial charge in [-0.05, 0) is 12.8 Å². The topological polar surface area (TPSA) is 0 Å². The van der Waals surface area contributed by atoms with E-state index in [-0.39, 0.29) is 0 Å². The highest BCUT2D eigenvalue weighted by Crippen LogP contribution is 2.00. The molecule has 8 heavy (non-hydrogen) atoms. The van der Waals surface area contributed by atoms with Gasteiger partial charge >= 0.3 is 0 Å². The summed E-state index contributed by atoms with van der Waals surface area (Å²) in [4.78, 5) is 0. The van der Waals surface area contributed by atoms with Gasteiger partial charge in [0.2, 0.25) is 0 Å². The van der Waals surface area contributed by atoms with E-state index in [4.69, 9.17) is 0 Å². The molecule has 0 radical (unpaired) electrons. The molecule has 0 amide bonds. The fraction of sp³-hybridized carbons (Fsp3) is 0.714. The van der Waals surface area contributed by atoms with Crippen molar-refractivity contribution in [2.24, 2.45) is 0 Å². The Hall–Kier alpha value is 0.170. The van der Waals surface area contributed by atoms with E-state index in [1.165, 1.54) is 25.7 Å². The highest BCUT2D eigenvalue weighted by molar-refractivity contribution is 7.20. The lowest BCUT2D eigenvalue weighted by Gasteiger charge is -1.88. The summed E-state index contributed by atoms with van der Waals surface area (Å²) in [6, 6.07) is 0. The molecule has 48 valence electrons. The fourth-order valence-electron chi connectivity index (χ4n) is 0.608. The van der Waals surface area contributed by atoms with E-state index in [2.05, 4.69) is 22.2 Å². The minimum atomic E-state index is 1.25. The Morgan fingerprint density at radius 3 is 2.62 bits per heavy atom. The molecule has 0 aromatic rings. The van der Waals surface area contributed by atoms with Crippen LogP contribution in [-0.4, -0.2) is 0 Å². The molecule has 1 heteroatoms. The lowest BCUT2D eigenvalue weighted by atomic mass is 10.2. The Balaban J connectivity index is 2.72. The van der Waals surface area contributed by atoms with Crippen LogP contribution in [0.1, 0.15) is 32.6 Å². The van der Waals surface area contributed by atoms with Crippen LogP contribution in [-0.2, 0) is 0 Å². The molecule has 1 atom stereocenters. The quantitative estimate of drug-likeness (QED) is 0.405. The van der Waals surface area contributed by atoms with Crippen LogP contribution in [0.2, 0.25) is 0 Å². The molecule has 1 unspecified atom stereocenters. The van der Waals surface area contributed by atoms with Gasteiger partial charge in [-0.15, -0.1) is 9.24 Å². The smallest absolute Gasteiger partial charge is 0.0347 e. The van der Waals surface area contributed by atoms with Gasteiger partial charge in [0.25, 0.3) is 0 Å². The molecule has 0 N–H and O–H groups in total. The standard InChI is InChI=1S/C7H15P/c1-2-3-4-5-6-7-8/h6-7H,2-5,8H2,1H3. The molecule has 0 aromatic heterocycles. The lowest BCUT2D eigenvalue weighted by molar-refractivity contribution is 0.729. The lowest BCUT2D eigenvalue weighted by Crippen LogP contribution is -1.68. The first-order valence-electron chi connectivity index (χ1n) is 3.28. The van der Waals surface area contributed by atoms with Gasteiger partial charge in [0.1, 0.15) is 0 Å². The number of hydrogen-bond acceptors (Lipinski definition) is 0. The third-order valence-electron chi connectivity index (χ3n) is 1.11. The summed E-state index contributed by atoms with van der Waals surface area (Å²) in [5.74, 6) is 2.04. The normalized spacial score (nSPS) is 10.8. The SMILES string of the molecule is CCCCCC=CP. The molecule has 0 aliphatic carbocycles. The molecule has 0 nitrogen and oxygen atoms in total. The average molecular weight is 130 g/mol. The first kappa shape index (κ1) is 8.17. The van der Waals surface area contributed by atoms with Crippen molar-refractivity contribution in [3.8, 4) is 0 Å². The van der Waals surface area contributed by atoms with Crippen LogP contribution in [0.25, 0.3) is 0 Å². The zero-order chi connectivity index (χ0) is 6.24. The van der Waals surface area contributed by atoms with E-state index in [1.54, 1.807) is 0 Å². The summed E-state index contributed by atoms with van der Waals surface area (Å²) in [5, 5.41) is 0. The highest BCUT2D eigenvalue weighted by Gasteiger charge is 1.78. The van der Waals surface area contributed by atoms with Crippen molar-refractivity contribution in [1.82, 2.24) is 0 Å². The van der Waals surface area contributed by atoms with E-state index in [0.29, 0.717) is 0 Å². The summed E-state index contributed by atoms with van der Waals surface area (Å²) in [6.07, 6.45) is 7.48. The number of unbranched alkanes of at least 4 members (excludes halogenated alkanes) is 3. The van der Waals surface area contributed by atoms with Crippen LogP contribution in [0, 0.1) is 0 Å². The van der Waals surface area contributed by atoms with E-state index < -0.39 is 0 Å². The predicted molar refractivity (Wildman–Crippen MR) is 43.0 cm³/mol. The zero-order valence-electron chi connectivity index (χ0n) is 5.56. The molecule has 0 fully saturated rings. The average Bonchev–Trinajstić information content (AvgIpc) is 1.81. The Labute approximate surface area is 54.6 Å². The molecule has 0 spiro atoms. The van der Waals surface area contributed by atoms with E-state index in [9.17, 15) is 0 Å². The van der Waals surface area contributed by atoms with Crippen molar-refractivity contribution in [3.05, 3.63) is 11.9 Å². The van der Waals surface area contributed by atoms with E-state index >= 15 is 0 Å². The van der Waals surface area contributed by atoms with Crippen molar-refractivity contribution < 1.29 is 0 Å². The summed E-state index contributed by atoms with van der Waals surface area (Å²) in [6.45, 7) is 2.23. The van der Waals surface area contributed by atoms with Gasteiger partial charge < -0.3 is 0 Å². The zero-order valence-corrected chi connectivity index (χ0v) is 6.72. The molecule has 0 aliphatic heterocycles. The van der Waals surface area contributed by atoms with Gasteiger partial charge in [0.05, 0.1) is 0 Å². The Morgan fingerprint density at radius 2 is 2.12 bits per heavy atom. The van der Waals surface area contributed by atoms with E-state index in [1.807, 2.05) is 5.82 Å². The van der Waals surface area contributed by atoms with Crippen molar-refractivity contribution in [2.75, 3.05) is 0 Å². The maximum Gasteiger partial charge on any atom is -0.0347 e. The summed E-state index contributed by atoms with van der Waals surface area (Å²) >= 11 is 0. The molecule has 0 heterocycles. The third kappa shape index (κ3) is 6.17. The van der Waals surface area contributed by atoms with Crippen LogP contribution in [0.5, 0.6) is 0 Å². The molecule has 0 aromatic carbocycles. The maximum atomic E-state index is 2.58. The number of hydrogen-bond donors (Lipinski definition) is 0. The molecule has 0 bridgehead atoms.